The lowest BCUT2D eigenvalue weighted by Gasteiger charge is -2.25. The minimum absolute atomic E-state index is 0.628. The number of fused-ring (bicyclic) bond motifs is 1. The molecule has 0 N–H and O–H groups in total. The van der Waals surface area contributed by atoms with Gasteiger partial charge in [0.05, 0.1) is 7.11 Å². The van der Waals surface area contributed by atoms with Gasteiger partial charge in [-0.25, -0.2) is 0 Å². The molecule has 0 heterocycles. The fraction of sp³-hybridized carbons (Fsp3) is 0.571. The van der Waals surface area contributed by atoms with E-state index in [-0.39, 0.29) is 0 Å². The lowest BCUT2D eigenvalue weighted by molar-refractivity contribution is 0.395. The molecule has 0 bridgehead atoms. The van der Waals surface area contributed by atoms with E-state index in [9.17, 15) is 0 Å². The van der Waals surface area contributed by atoms with Crippen LogP contribution in [-0.2, 0) is 12.8 Å². The molecule has 0 amide bonds. The number of halogens is 1. The van der Waals surface area contributed by atoms with Crippen molar-refractivity contribution >= 4 is 15.9 Å². The van der Waals surface area contributed by atoms with Crippen molar-refractivity contribution in [3.05, 3.63) is 29.3 Å². The van der Waals surface area contributed by atoms with E-state index in [0.717, 1.165) is 11.7 Å². The van der Waals surface area contributed by atoms with Crippen LogP contribution >= 0.6 is 15.9 Å². The summed E-state index contributed by atoms with van der Waals surface area (Å²) < 4.78 is 5.31. The molecule has 1 spiro atoms. The first-order chi connectivity index (χ1) is 7.77. The van der Waals surface area contributed by atoms with Gasteiger partial charge in [-0.15, -0.1) is 0 Å². The van der Waals surface area contributed by atoms with Gasteiger partial charge in [-0.1, -0.05) is 22.0 Å². The van der Waals surface area contributed by atoms with Crippen LogP contribution in [-0.4, -0.2) is 12.4 Å². The van der Waals surface area contributed by atoms with Crippen LogP contribution in [0.2, 0.25) is 0 Å². The predicted molar refractivity (Wildman–Crippen MR) is 69.4 cm³/mol. The zero-order valence-corrected chi connectivity index (χ0v) is 11.2. The van der Waals surface area contributed by atoms with Crippen molar-refractivity contribution < 1.29 is 4.74 Å². The Hall–Kier alpha value is -0.500. The third kappa shape index (κ3) is 1.58. The zero-order valence-electron chi connectivity index (χ0n) is 9.63. The summed E-state index contributed by atoms with van der Waals surface area (Å²) in [6.45, 7) is 0. The van der Waals surface area contributed by atoms with Crippen molar-refractivity contribution in [3.8, 4) is 5.75 Å². The summed E-state index contributed by atoms with van der Waals surface area (Å²) in [5.74, 6) is 1.92. The average molecular weight is 281 g/mol. The number of aryl methyl sites for hydroxylation is 1. The fourth-order valence-electron chi connectivity index (χ4n) is 3.16. The van der Waals surface area contributed by atoms with E-state index in [1.54, 1.807) is 7.11 Å². The lowest BCUT2D eigenvalue weighted by atomic mass is 9.80. The van der Waals surface area contributed by atoms with Gasteiger partial charge >= 0.3 is 0 Å². The maximum Gasteiger partial charge on any atom is 0.119 e. The molecule has 16 heavy (non-hydrogen) atoms. The summed E-state index contributed by atoms with van der Waals surface area (Å²) in [6, 6.07) is 6.57. The predicted octanol–water partition coefficient (Wildman–Crippen LogP) is 3.59. The molecule has 2 aliphatic rings. The minimum Gasteiger partial charge on any atom is -0.497 e. The summed E-state index contributed by atoms with van der Waals surface area (Å²) in [5, 5.41) is 1.17. The fourth-order valence-corrected chi connectivity index (χ4v) is 4.08. The highest BCUT2D eigenvalue weighted by atomic mass is 79.9. The Morgan fingerprint density at radius 3 is 3.00 bits per heavy atom. The molecule has 1 aromatic rings. The topological polar surface area (TPSA) is 9.23 Å². The van der Waals surface area contributed by atoms with Crippen LogP contribution < -0.4 is 4.74 Å². The van der Waals surface area contributed by atoms with E-state index >= 15 is 0 Å². The summed E-state index contributed by atoms with van der Waals surface area (Å²) in [6.07, 6.45) is 5.30. The standard InChI is InChI=1S/C14H17BrO/c1-16-13-3-2-10-4-5-14(7-11(10)6-13)8-12(14)9-15/h2-3,6,12H,4-5,7-9H2,1H3. The van der Waals surface area contributed by atoms with E-state index in [1.165, 1.54) is 42.1 Å². The third-order valence-electron chi connectivity index (χ3n) is 4.39. The molecule has 0 aliphatic heterocycles. The summed E-state index contributed by atoms with van der Waals surface area (Å²) in [7, 11) is 1.75. The SMILES string of the molecule is COc1ccc2c(c1)CC1(CC2)CC1CBr. The van der Waals surface area contributed by atoms with E-state index in [2.05, 4.69) is 34.1 Å². The average Bonchev–Trinajstić information content (AvgIpc) is 3.01. The Bertz CT molecular complexity index is 415. The first-order valence-electron chi connectivity index (χ1n) is 5.99. The van der Waals surface area contributed by atoms with Crippen LogP contribution in [0.5, 0.6) is 5.75 Å². The quantitative estimate of drug-likeness (QED) is 0.753. The van der Waals surface area contributed by atoms with Gasteiger partial charge in [0, 0.05) is 5.33 Å². The number of rotatable bonds is 2. The normalized spacial score (nSPS) is 31.2. The molecular weight excluding hydrogens is 264 g/mol. The summed E-state index contributed by atoms with van der Waals surface area (Å²) >= 11 is 3.63. The minimum atomic E-state index is 0.628. The van der Waals surface area contributed by atoms with Crippen molar-refractivity contribution in [2.45, 2.75) is 25.7 Å². The van der Waals surface area contributed by atoms with Gasteiger partial charge in [-0.2, -0.15) is 0 Å². The molecule has 1 nitrogen and oxygen atoms in total. The Labute approximate surface area is 105 Å². The van der Waals surface area contributed by atoms with E-state index in [4.69, 9.17) is 4.74 Å². The molecule has 0 saturated heterocycles. The van der Waals surface area contributed by atoms with Crippen molar-refractivity contribution in [3.63, 3.8) is 0 Å². The second-order valence-electron chi connectivity index (χ2n) is 5.23. The molecule has 2 unspecified atom stereocenters. The van der Waals surface area contributed by atoms with Gasteiger partial charge < -0.3 is 4.74 Å². The second kappa shape index (κ2) is 3.76. The van der Waals surface area contributed by atoms with Crippen molar-refractivity contribution in [1.29, 1.82) is 0 Å². The number of benzene rings is 1. The molecule has 2 heteroatoms. The van der Waals surface area contributed by atoms with Crippen LogP contribution in [0, 0.1) is 11.3 Å². The van der Waals surface area contributed by atoms with Gasteiger partial charge in [0.2, 0.25) is 0 Å². The monoisotopic (exact) mass is 280 g/mol. The van der Waals surface area contributed by atoms with Crippen molar-refractivity contribution in [1.82, 2.24) is 0 Å². The Kier molecular flexibility index (Phi) is 2.50. The zero-order chi connectivity index (χ0) is 11.2. The molecule has 2 atom stereocenters. The van der Waals surface area contributed by atoms with Gasteiger partial charge in [0.25, 0.3) is 0 Å². The Morgan fingerprint density at radius 1 is 1.44 bits per heavy atom. The van der Waals surface area contributed by atoms with Crippen LogP contribution in [0.4, 0.5) is 0 Å². The molecule has 3 rings (SSSR count). The smallest absolute Gasteiger partial charge is 0.119 e. The molecule has 1 fully saturated rings. The van der Waals surface area contributed by atoms with E-state index in [1.807, 2.05) is 0 Å². The van der Waals surface area contributed by atoms with Crippen molar-refractivity contribution in [2.24, 2.45) is 11.3 Å². The third-order valence-corrected chi connectivity index (χ3v) is 5.17. The van der Waals surface area contributed by atoms with Gasteiger partial charge in [0.1, 0.15) is 5.75 Å². The Balaban J connectivity index is 1.88. The Morgan fingerprint density at radius 2 is 2.31 bits per heavy atom. The summed E-state index contributed by atoms with van der Waals surface area (Å²) in [4.78, 5) is 0. The van der Waals surface area contributed by atoms with Crippen LogP contribution in [0.25, 0.3) is 0 Å². The molecule has 0 aromatic heterocycles. The van der Waals surface area contributed by atoms with Gasteiger partial charge in [-0.05, 0) is 60.3 Å². The largest absolute Gasteiger partial charge is 0.497 e. The van der Waals surface area contributed by atoms with Crippen LogP contribution in [0.15, 0.2) is 18.2 Å². The first-order valence-corrected chi connectivity index (χ1v) is 7.11. The van der Waals surface area contributed by atoms with Crippen LogP contribution in [0.3, 0.4) is 0 Å². The molecule has 2 aliphatic carbocycles. The molecule has 1 aromatic carbocycles. The highest BCUT2D eigenvalue weighted by Crippen LogP contribution is 2.60. The number of hydrogen-bond acceptors (Lipinski definition) is 1. The number of alkyl halides is 1. The lowest BCUT2D eigenvalue weighted by Crippen LogP contribution is -2.17. The van der Waals surface area contributed by atoms with E-state index in [0.29, 0.717) is 5.41 Å². The summed E-state index contributed by atoms with van der Waals surface area (Å²) in [5.41, 5.74) is 3.68. The molecule has 86 valence electrons. The molecule has 0 radical (unpaired) electrons. The number of hydrogen-bond donors (Lipinski definition) is 0. The molecular formula is C14H17BrO. The first kappa shape index (κ1) is 10.6. The highest BCUT2D eigenvalue weighted by molar-refractivity contribution is 9.09. The number of methoxy groups -OCH3 is 1. The maximum absolute atomic E-state index is 5.31. The van der Waals surface area contributed by atoms with E-state index < -0.39 is 0 Å². The van der Waals surface area contributed by atoms with Crippen LogP contribution in [0.1, 0.15) is 24.0 Å². The van der Waals surface area contributed by atoms with Gasteiger partial charge in [-0.3, -0.25) is 0 Å². The van der Waals surface area contributed by atoms with Gasteiger partial charge in [0.15, 0.2) is 0 Å². The maximum atomic E-state index is 5.31. The second-order valence-corrected chi connectivity index (χ2v) is 5.88. The number of ether oxygens (including phenoxy) is 1. The molecule has 1 saturated carbocycles. The highest BCUT2D eigenvalue weighted by Gasteiger charge is 2.53. The van der Waals surface area contributed by atoms with Crippen molar-refractivity contribution in [2.75, 3.05) is 12.4 Å².